The van der Waals surface area contributed by atoms with Crippen LogP contribution in [0.15, 0.2) is 42.5 Å². The van der Waals surface area contributed by atoms with Crippen molar-refractivity contribution in [3.8, 4) is 11.5 Å². The van der Waals surface area contributed by atoms with Gasteiger partial charge in [0.2, 0.25) is 5.91 Å². The predicted molar refractivity (Wildman–Crippen MR) is 99.6 cm³/mol. The number of fused-ring (bicyclic) bond motifs is 1. The van der Waals surface area contributed by atoms with Crippen molar-refractivity contribution >= 4 is 11.6 Å². The Morgan fingerprint density at radius 2 is 1.88 bits per heavy atom. The van der Waals surface area contributed by atoms with Gasteiger partial charge in [0.25, 0.3) is 0 Å². The molecule has 0 bridgehead atoms. The van der Waals surface area contributed by atoms with E-state index < -0.39 is 0 Å². The molecule has 0 fully saturated rings. The Labute approximate surface area is 149 Å². The number of benzene rings is 2. The molecule has 0 spiro atoms. The Morgan fingerprint density at radius 3 is 2.64 bits per heavy atom. The molecule has 1 aliphatic heterocycles. The fraction of sp³-hybridized carbons (Fsp3) is 0.381. The number of ether oxygens (including phenoxy) is 2. The van der Waals surface area contributed by atoms with Gasteiger partial charge in [-0.15, -0.1) is 0 Å². The monoisotopic (exact) mass is 339 g/mol. The van der Waals surface area contributed by atoms with E-state index in [1.165, 1.54) is 11.1 Å². The van der Waals surface area contributed by atoms with Crippen molar-refractivity contribution in [3.63, 3.8) is 0 Å². The maximum atomic E-state index is 12.6. The Kier molecular flexibility index (Phi) is 5.59. The predicted octanol–water partition coefficient (Wildman–Crippen LogP) is 4.14. The van der Waals surface area contributed by atoms with Crippen molar-refractivity contribution < 1.29 is 14.3 Å². The summed E-state index contributed by atoms with van der Waals surface area (Å²) in [5.41, 5.74) is 3.62. The Balaban J connectivity index is 1.50. The number of hydrogen-bond acceptors (Lipinski definition) is 3. The van der Waals surface area contributed by atoms with Crippen LogP contribution in [0.5, 0.6) is 11.5 Å². The maximum Gasteiger partial charge on any atom is 0.227 e. The number of methoxy groups -OCH3 is 1. The van der Waals surface area contributed by atoms with Crippen molar-refractivity contribution in [1.29, 1.82) is 0 Å². The van der Waals surface area contributed by atoms with E-state index in [0.717, 1.165) is 36.6 Å². The van der Waals surface area contributed by atoms with E-state index in [4.69, 9.17) is 9.47 Å². The Morgan fingerprint density at radius 1 is 1.12 bits per heavy atom. The molecule has 0 saturated carbocycles. The topological polar surface area (TPSA) is 38.8 Å². The zero-order valence-electron chi connectivity index (χ0n) is 15.0. The van der Waals surface area contributed by atoms with Crippen molar-refractivity contribution in [2.45, 2.75) is 32.6 Å². The van der Waals surface area contributed by atoms with E-state index in [1.54, 1.807) is 7.11 Å². The molecule has 0 radical (unpaired) electrons. The minimum atomic E-state index is 0.183. The maximum absolute atomic E-state index is 12.6. The number of aryl methyl sites for hydroxylation is 2. The summed E-state index contributed by atoms with van der Waals surface area (Å²) in [6.45, 7) is 3.44. The summed E-state index contributed by atoms with van der Waals surface area (Å²) in [5.74, 6) is 1.79. The number of carbonyl (C=O) groups is 1. The highest BCUT2D eigenvalue weighted by Crippen LogP contribution is 2.28. The summed E-state index contributed by atoms with van der Waals surface area (Å²) in [4.78, 5) is 14.5. The zero-order chi connectivity index (χ0) is 17.6. The van der Waals surface area contributed by atoms with Crippen molar-refractivity contribution in [1.82, 2.24) is 0 Å². The van der Waals surface area contributed by atoms with Crippen molar-refractivity contribution in [3.05, 3.63) is 53.6 Å². The first-order valence-corrected chi connectivity index (χ1v) is 8.84. The van der Waals surface area contributed by atoms with E-state index in [0.29, 0.717) is 19.4 Å². The van der Waals surface area contributed by atoms with Crippen LogP contribution in [0, 0.1) is 6.92 Å². The molecule has 132 valence electrons. The smallest absolute Gasteiger partial charge is 0.227 e. The second-order valence-corrected chi connectivity index (χ2v) is 6.41. The lowest BCUT2D eigenvalue weighted by Crippen LogP contribution is -2.35. The summed E-state index contributed by atoms with van der Waals surface area (Å²) >= 11 is 0. The molecule has 0 N–H and O–H groups in total. The van der Waals surface area contributed by atoms with Gasteiger partial charge in [-0.1, -0.05) is 17.7 Å². The normalized spacial score (nSPS) is 13.3. The SMILES string of the molecule is COc1ccc(OCCCC(=O)N2CCCc3cc(C)ccc32)cc1. The first-order valence-electron chi connectivity index (χ1n) is 8.84. The molecule has 0 unspecified atom stereocenters. The highest BCUT2D eigenvalue weighted by Gasteiger charge is 2.21. The van der Waals surface area contributed by atoms with Gasteiger partial charge >= 0.3 is 0 Å². The largest absolute Gasteiger partial charge is 0.497 e. The third-order valence-corrected chi connectivity index (χ3v) is 4.52. The van der Waals surface area contributed by atoms with Gasteiger partial charge in [0.05, 0.1) is 13.7 Å². The van der Waals surface area contributed by atoms with E-state index in [9.17, 15) is 4.79 Å². The quantitative estimate of drug-likeness (QED) is 0.743. The van der Waals surface area contributed by atoms with Crippen LogP contribution in [-0.4, -0.2) is 26.2 Å². The molecule has 25 heavy (non-hydrogen) atoms. The number of nitrogens with zero attached hydrogens (tertiary/aromatic N) is 1. The third kappa shape index (κ3) is 4.32. The van der Waals surface area contributed by atoms with Crippen molar-refractivity contribution in [2.24, 2.45) is 0 Å². The second-order valence-electron chi connectivity index (χ2n) is 6.41. The van der Waals surface area contributed by atoms with Crippen LogP contribution in [-0.2, 0) is 11.2 Å². The highest BCUT2D eigenvalue weighted by molar-refractivity contribution is 5.94. The van der Waals surface area contributed by atoms with Gasteiger partial charge in [-0.05, 0) is 62.1 Å². The lowest BCUT2D eigenvalue weighted by atomic mass is 9.99. The molecular formula is C21H25NO3. The van der Waals surface area contributed by atoms with Crippen LogP contribution in [0.1, 0.15) is 30.4 Å². The van der Waals surface area contributed by atoms with Gasteiger partial charge in [0.1, 0.15) is 11.5 Å². The molecule has 4 heteroatoms. The number of amides is 1. The number of carbonyl (C=O) groups excluding carboxylic acids is 1. The second kappa shape index (κ2) is 8.06. The lowest BCUT2D eigenvalue weighted by molar-refractivity contribution is -0.118. The van der Waals surface area contributed by atoms with Gasteiger partial charge in [-0.3, -0.25) is 4.79 Å². The van der Waals surface area contributed by atoms with E-state index in [-0.39, 0.29) is 5.91 Å². The minimum Gasteiger partial charge on any atom is -0.497 e. The molecule has 0 saturated heterocycles. The van der Waals surface area contributed by atoms with Crippen LogP contribution >= 0.6 is 0 Å². The molecule has 4 nitrogen and oxygen atoms in total. The summed E-state index contributed by atoms with van der Waals surface area (Å²) < 4.78 is 10.8. The molecule has 0 atom stereocenters. The summed E-state index contributed by atoms with van der Waals surface area (Å²) in [6.07, 6.45) is 3.30. The fourth-order valence-corrected chi connectivity index (χ4v) is 3.21. The highest BCUT2D eigenvalue weighted by atomic mass is 16.5. The van der Waals surface area contributed by atoms with E-state index in [1.807, 2.05) is 29.2 Å². The van der Waals surface area contributed by atoms with Crippen LogP contribution in [0.25, 0.3) is 0 Å². The molecule has 0 aliphatic carbocycles. The third-order valence-electron chi connectivity index (χ3n) is 4.52. The number of hydrogen-bond donors (Lipinski definition) is 0. The minimum absolute atomic E-state index is 0.183. The molecule has 0 aromatic heterocycles. The first kappa shape index (κ1) is 17.3. The molecule has 1 aliphatic rings. The lowest BCUT2D eigenvalue weighted by Gasteiger charge is -2.30. The van der Waals surface area contributed by atoms with Crippen LogP contribution in [0.4, 0.5) is 5.69 Å². The number of anilines is 1. The molecule has 1 heterocycles. The molecule has 3 rings (SSSR count). The summed E-state index contributed by atoms with van der Waals surface area (Å²) in [7, 11) is 1.64. The van der Waals surface area contributed by atoms with Gasteiger partial charge in [0, 0.05) is 18.7 Å². The molecular weight excluding hydrogens is 314 g/mol. The van der Waals surface area contributed by atoms with E-state index in [2.05, 4.69) is 25.1 Å². The average Bonchev–Trinajstić information content (AvgIpc) is 2.64. The van der Waals surface area contributed by atoms with Crippen molar-refractivity contribution in [2.75, 3.05) is 25.2 Å². The molecule has 2 aromatic rings. The molecule has 2 aromatic carbocycles. The van der Waals surface area contributed by atoms with Gasteiger partial charge in [-0.2, -0.15) is 0 Å². The number of rotatable bonds is 6. The standard InChI is InChI=1S/C21H25NO3/c1-16-7-12-20-17(15-16)5-3-13-22(20)21(23)6-4-14-25-19-10-8-18(24-2)9-11-19/h7-12,15H,3-6,13-14H2,1-2H3. The summed E-state index contributed by atoms with van der Waals surface area (Å²) in [6, 6.07) is 13.8. The first-order chi connectivity index (χ1) is 12.2. The Bertz CT molecular complexity index is 724. The van der Waals surface area contributed by atoms with Gasteiger partial charge in [0.15, 0.2) is 0 Å². The average molecular weight is 339 g/mol. The fourth-order valence-electron chi connectivity index (χ4n) is 3.21. The van der Waals surface area contributed by atoms with Gasteiger partial charge < -0.3 is 14.4 Å². The Hall–Kier alpha value is -2.49. The molecule has 1 amide bonds. The van der Waals surface area contributed by atoms with Crippen LogP contribution in [0.3, 0.4) is 0 Å². The van der Waals surface area contributed by atoms with Crippen LogP contribution < -0.4 is 14.4 Å². The van der Waals surface area contributed by atoms with Crippen LogP contribution in [0.2, 0.25) is 0 Å². The zero-order valence-corrected chi connectivity index (χ0v) is 15.0. The summed E-state index contributed by atoms with van der Waals surface area (Å²) in [5, 5.41) is 0. The van der Waals surface area contributed by atoms with E-state index >= 15 is 0 Å². The van der Waals surface area contributed by atoms with Gasteiger partial charge in [-0.25, -0.2) is 0 Å².